The molecule has 3 aromatic rings. The second-order valence-electron chi connectivity index (χ2n) is 6.53. The lowest BCUT2D eigenvalue weighted by Crippen LogP contribution is -2.49. The topological polar surface area (TPSA) is 36.4 Å². The Balaban J connectivity index is 1.38. The van der Waals surface area contributed by atoms with Crippen molar-refractivity contribution in [3.63, 3.8) is 0 Å². The van der Waals surface area contributed by atoms with Crippen LogP contribution in [0.5, 0.6) is 0 Å². The summed E-state index contributed by atoms with van der Waals surface area (Å²) in [6.45, 7) is 2.88. The maximum Gasteiger partial charge on any atom is 0.227 e. The van der Waals surface area contributed by atoms with Crippen molar-refractivity contribution in [1.29, 1.82) is 0 Å². The van der Waals surface area contributed by atoms with E-state index in [1.165, 1.54) is 12.1 Å². The fourth-order valence-electron chi connectivity index (χ4n) is 3.31. The van der Waals surface area contributed by atoms with E-state index in [4.69, 9.17) is 4.98 Å². The highest BCUT2D eigenvalue weighted by Gasteiger charge is 2.22. The van der Waals surface area contributed by atoms with Crippen LogP contribution in [0.1, 0.15) is 5.56 Å². The van der Waals surface area contributed by atoms with E-state index in [1.807, 2.05) is 29.2 Å². The largest absolute Gasteiger partial charge is 0.353 e. The number of pyridine rings is 1. The minimum Gasteiger partial charge on any atom is -0.353 e. The van der Waals surface area contributed by atoms with Crippen LogP contribution in [-0.2, 0) is 11.2 Å². The Morgan fingerprint density at radius 3 is 2.42 bits per heavy atom. The highest BCUT2D eigenvalue weighted by atomic mass is 19.1. The smallest absolute Gasteiger partial charge is 0.227 e. The summed E-state index contributed by atoms with van der Waals surface area (Å²) in [7, 11) is 0. The standard InChI is InChI=1S/C21H20FN3O/c22-18-8-5-16(6-9-18)15-21(26)25-13-11-24(12-14-25)20-10-7-17-3-1-2-4-19(17)23-20/h1-10H,11-15H2. The number of para-hydroxylation sites is 1. The van der Waals surface area contributed by atoms with E-state index in [2.05, 4.69) is 17.0 Å². The van der Waals surface area contributed by atoms with Crippen molar-refractivity contribution in [2.24, 2.45) is 0 Å². The van der Waals surface area contributed by atoms with Gasteiger partial charge >= 0.3 is 0 Å². The Bertz CT molecular complexity index is 918. The number of rotatable bonds is 3. The van der Waals surface area contributed by atoms with E-state index in [-0.39, 0.29) is 11.7 Å². The lowest BCUT2D eigenvalue weighted by molar-refractivity contribution is -0.130. The summed E-state index contributed by atoms with van der Waals surface area (Å²) in [5, 5.41) is 1.13. The average Bonchev–Trinajstić information content (AvgIpc) is 2.69. The predicted octanol–water partition coefficient (Wildman–Crippen LogP) is 3.27. The molecule has 2 heterocycles. The highest BCUT2D eigenvalue weighted by Crippen LogP contribution is 2.19. The van der Waals surface area contributed by atoms with Crippen molar-refractivity contribution in [3.05, 3.63) is 72.0 Å². The van der Waals surface area contributed by atoms with Gasteiger partial charge in [-0.1, -0.05) is 30.3 Å². The first-order valence-electron chi connectivity index (χ1n) is 8.82. The van der Waals surface area contributed by atoms with Crippen molar-refractivity contribution in [2.75, 3.05) is 31.1 Å². The number of amides is 1. The average molecular weight is 349 g/mol. The van der Waals surface area contributed by atoms with Gasteiger partial charge in [-0.3, -0.25) is 4.79 Å². The number of hydrogen-bond donors (Lipinski definition) is 0. The summed E-state index contributed by atoms with van der Waals surface area (Å²) >= 11 is 0. The fraction of sp³-hybridized carbons (Fsp3) is 0.238. The molecule has 1 saturated heterocycles. The molecule has 0 unspecified atom stereocenters. The first-order chi connectivity index (χ1) is 12.7. The predicted molar refractivity (Wildman–Crippen MR) is 101 cm³/mol. The minimum absolute atomic E-state index is 0.0859. The maximum absolute atomic E-state index is 13.0. The number of halogens is 1. The molecule has 5 heteroatoms. The number of piperazine rings is 1. The third kappa shape index (κ3) is 3.52. The van der Waals surface area contributed by atoms with Gasteiger partial charge in [0.25, 0.3) is 0 Å². The number of benzene rings is 2. The molecule has 0 atom stereocenters. The molecule has 0 bridgehead atoms. The minimum atomic E-state index is -0.280. The van der Waals surface area contributed by atoms with Crippen LogP contribution in [0.15, 0.2) is 60.7 Å². The number of fused-ring (bicyclic) bond motifs is 1. The van der Waals surface area contributed by atoms with E-state index < -0.39 is 0 Å². The number of carbonyl (C=O) groups is 1. The van der Waals surface area contributed by atoms with Gasteiger partial charge in [0.2, 0.25) is 5.91 Å². The zero-order valence-corrected chi connectivity index (χ0v) is 14.4. The molecule has 26 heavy (non-hydrogen) atoms. The number of aromatic nitrogens is 1. The van der Waals surface area contributed by atoms with Crippen LogP contribution in [0.2, 0.25) is 0 Å². The SMILES string of the molecule is O=C(Cc1ccc(F)cc1)N1CCN(c2ccc3ccccc3n2)CC1. The van der Waals surface area contributed by atoms with E-state index in [1.54, 1.807) is 12.1 Å². The third-order valence-corrected chi connectivity index (χ3v) is 4.81. The van der Waals surface area contributed by atoms with Crippen LogP contribution >= 0.6 is 0 Å². The van der Waals surface area contributed by atoms with Gasteiger partial charge in [-0.05, 0) is 35.9 Å². The van der Waals surface area contributed by atoms with Crippen LogP contribution in [0.3, 0.4) is 0 Å². The summed E-state index contributed by atoms with van der Waals surface area (Å²) in [4.78, 5) is 21.3. The number of nitrogens with zero attached hydrogens (tertiary/aromatic N) is 3. The second-order valence-corrected chi connectivity index (χ2v) is 6.53. The van der Waals surface area contributed by atoms with Gasteiger partial charge in [0.1, 0.15) is 11.6 Å². The van der Waals surface area contributed by atoms with Crippen LogP contribution < -0.4 is 4.90 Å². The van der Waals surface area contributed by atoms with Gasteiger partial charge in [-0.2, -0.15) is 0 Å². The Kier molecular flexibility index (Phi) is 4.52. The van der Waals surface area contributed by atoms with Crippen molar-refractivity contribution in [3.8, 4) is 0 Å². The van der Waals surface area contributed by atoms with Crippen LogP contribution in [0.25, 0.3) is 10.9 Å². The van der Waals surface area contributed by atoms with Crippen molar-refractivity contribution >= 4 is 22.6 Å². The fourth-order valence-corrected chi connectivity index (χ4v) is 3.31. The molecule has 1 aliphatic heterocycles. The molecule has 1 fully saturated rings. The van der Waals surface area contributed by atoms with E-state index in [9.17, 15) is 9.18 Å². The maximum atomic E-state index is 13.0. The Morgan fingerprint density at radius 2 is 1.65 bits per heavy atom. The van der Waals surface area contributed by atoms with E-state index >= 15 is 0 Å². The normalized spacial score (nSPS) is 14.7. The number of carbonyl (C=O) groups excluding carboxylic acids is 1. The molecule has 0 saturated carbocycles. The summed E-state index contributed by atoms with van der Waals surface area (Å²) in [5.41, 5.74) is 1.83. The van der Waals surface area contributed by atoms with Gasteiger partial charge < -0.3 is 9.80 Å². The number of hydrogen-bond acceptors (Lipinski definition) is 3. The molecule has 4 rings (SSSR count). The van der Waals surface area contributed by atoms with Crippen molar-refractivity contribution in [2.45, 2.75) is 6.42 Å². The first kappa shape index (κ1) is 16.5. The molecule has 2 aromatic carbocycles. The molecule has 132 valence electrons. The third-order valence-electron chi connectivity index (χ3n) is 4.81. The molecule has 0 spiro atoms. The molecule has 0 radical (unpaired) electrons. The van der Waals surface area contributed by atoms with Gasteiger partial charge in [0.05, 0.1) is 11.9 Å². The van der Waals surface area contributed by atoms with E-state index in [0.29, 0.717) is 19.5 Å². The Morgan fingerprint density at radius 1 is 0.923 bits per heavy atom. The van der Waals surface area contributed by atoms with Gasteiger partial charge in [-0.15, -0.1) is 0 Å². The molecule has 0 aliphatic carbocycles. The van der Waals surface area contributed by atoms with Crippen LogP contribution in [0, 0.1) is 5.82 Å². The van der Waals surface area contributed by atoms with Gasteiger partial charge in [-0.25, -0.2) is 9.37 Å². The molecular weight excluding hydrogens is 329 g/mol. The Labute approximate surface area is 151 Å². The summed E-state index contributed by atoms with van der Waals surface area (Å²) in [6, 6.07) is 18.3. The lowest BCUT2D eigenvalue weighted by Gasteiger charge is -2.35. The zero-order chi connectivity index (χ0) is 17.9. The lowest BCUT2D eigenvalue weighted by atomic mass is 10.1. The van der Waals surface area contributed by atoms with Gasteiger partial charge in [0, 0.05) is 31.6 Å². The zero-order valence-electron chi connectivity index (χ0n) is 14.4. The molecule has 0 N–H and O–H groups in total. The van der Waals surface area contributed by atoms with Crippen molar-refractivity contribution in [1.82, 2.24) is 9.88 Å². The quantitative estimate of drug-likeness (QED) is 0.728. The van der Waals surface area contributed by atoms with Crippen molar-refractivity contribution < 1.29 is 9.18 Å². The summed E-state index contributed by atoms with van der Waals surface area (Å²) < 4.78 is 13.0. The van der Waals surface area contributed by atoms with E-state index in [0.717, 1.165) is 35.4 Å². The molecular formula is C21H20FN3O. The highest BCUT2D eigenvalue weighted by molar-refractivity contribution is 5.81. The Hall–Kier alpha value is -2.95. The molecule has 1 aromatic heterocycles. The molecule has 1 aliphatic rings. The van der Waals surface area contributed by atoms with Crippen LogP contribution in [-0.4, -0.2) is 42.0 Å². The molecule has 1 amide bonds. The summed E-state index contributed by atoms with van der Waals surface area (Å²) in [5.74, 6) is 0.759. The number of anilines is 1. The summed E-state index contributed by atoms with van der Waals surface area (Å²) in [6.07, 6.45) is 0.314. The first-order valence-corrected chi connectivity index (χ1v) is 8.82. The second kappa shape index (κ2) is 7.12. The van der Waals surface area contributed by atoms with Crippen LogP contribution in [0.4, 0.5) is 10.2 Å². The molecule has 4 nitrogen and oxygen atoms in total. The van der Waals surface area contributed by atoms with Gasteiger partial charge in [0.15, 0.2) is 0 Å². The monoisotopic (exact) mass is 349 g/mol.